The molecule has 0 atom stereocenters. The average molecular weight is 624 g/mol. The molecule has 4 aromatic carbocycles. The SMILES string of the molecule is O=C(O)c1cc2cc(S(=O)(=O)N(CCc3ccccc3)Cc3ccccc3N3CCN(C(=O)c4ccccc4)CC3)ccc2o1. The largest absolute Gasteiger partial charge is 0.475 e. The van der Waals surface area contributed by atoms with Crippen LogP contribution in [0.4, 0.5) is 5.69 Å². The predicted molar refractivity (Wildman–Crippen MR) is 172 cm³/mol. The van der Waals surface area contributed by atoms with Crippen molar-refractivity contribution in [3.8, 4) is 0 Å². The van der Waals surface area contributed by atoms with Gasteiger partial charge >= 0.3 is 5.97 Å². The van der Waals surface area contributed by atoms with Crippen LogP contribution in [0.5, 0.6) is 0 Å². The topological polar surface area (TPSA) is 111 Å². The maximum absolute atomic E-state index is 14.2. The number of anilines is 1. The van der Waals surface area contributed by atoms with Crippen LogP contribution in [0.15, 0.2) is 119 Å². The van der Waals surface area contributed by atoms with Crippen LogP contribution in [-0.4, -0.2) is 67.3 Å². The third-order valence-corrected chi connectivity index (χ3v) is 9.94. The molecule has 5 aromatic rings. The molecule has 1 saturated heterocycles. The Hall–Kier alpha value is -4.93. The Bertz CT molecular complexity index is 1920. The highest BCUT2D eigenvalue weighted by atomic mass is 32.2. The van der Waals surface area contributed by atoms with Crippen molar-refractivity contribution >= 4 is 38.6 Å². The van der Waals surface area contributed by atoms with Crippen molar-refractivity contribution in [2.75, 3.05) is 37.6 Å². The molecule has 1 N–H and O–H groups in total. The van der Waals surface area contributed by atoms with E-state index in [2.05, 4.69) is 4.90 Å². The van der Waals surface area contributed by atoms with Gasteiger partial charge in [-0.3, -0.25) is 4.79 Å². The Morgan fingerprint density at radius 3 is 2.18 bits per heavy atom. The van der Waals surface area contributed by atoms with Gasteiger partial charge in [-0.25, -0.2) is 13.2 Å². The van der Waals surface area contributed by atoms with E-state index in [1.54, 1.807) is 0 Å². The number of furan rings is 1. The Kier molecular flexibility index (Phi) is 8.68. The van der Waals surface area contributed by atoms with Crippen molar-refractivity contribution in [1.82, 2.24) is 9.21 Å². The number of carbonyl (C=O) groups is 2. The molecule has 9 nitrogen and oxygen atoms in total. The molecule has 0 spiro atoms. The number of carboxylic acids is 1. The summed E-state index contributed by atoms with van der Waals surface area (Å²) in [6, 6.07) is 32.5. The Morgan fingerprint density at radius 1 is 0.800 bits per heavy atom. The summed E-state index contributed by atoms with van der Waals surface area (Å²) in [6.45, 7) is 2.73. The molecule has 1 amide bonds. The van der Waals surface area contributed by atoms with E-state index in [1.807, 2.05) is 89.8 Å². The molecular weight excluding hydrogens is 590 g/mol. The number of rotatable bonds is 10. The number of benzene rings is 4. The van der Waals surface area contributed by atoms with Gasteiger partial charge in [0.2, 0.25) is 15.8 Å². The number of para-hydroxylation sites is 1. The van der Waals surface area contributed by atoms with Gasteiger partial charge in [0, 0.05) is 55.9 Å². The highest BCUT2D eigenvalue weighted by Gasteiger charge is 2.28. The minimum Gasteiger partial charge on any atom is -0.475 e. The van der Waals surface area contributed by atoms with E-state index in [0.29, 0.717) is 49.1 Å². The average Bonchev–Trinajstić information content (AvgIpc) is 3.52. The molecule has 1 aliphatic rings. The predicted octanol–water partition coefficient (Wildman–Crippen LogP) is 5.53. The molecule has 0 unspecified atom stereocenters. The molecule has 2 heterocycles. The fourth-order valence-electron chi connectivity index (χ4n) is 5.68. The van der Waals surface area contributed by atoms with Gasteiger partial charge in [0.1, 0.15) is 5.58 Å². The Morgan fingerprint density at radius 2 is 1.47 bits per heavy atom. The first kappa shape index (κ1) is 30.1. The fourth-order valence-corrected chi connectivity index (χ4v) is 7.13. The van der Waals surface area contributed by atoms with Crippen LogP contribution < -0.4 is 4.90 Å². The van der Waals surface area contributed by atoms with Crippen molar-refractivity contribution in [1.29, 1.82) is 0 Å². The number of carboxylic acid groups (broad SMARTS) is 1. The quantitative estimate of drug-likeness (QED) is 0.218. The second-order valence-electron chi connectivity index (χ2n) is 11.0. The number of fused-ring (bicyclic) bond motifs is 1. The van der Waals surface area contributed by atoms with Crippen LogP contribution >= 0.6 is 0 Å². The van der Waals surface area contributed by atoms with E-state index in [4.69, 9.17) is 4.42 Å². The van der Waals surface area contributed by atoms with Crippen molar-refractivity contribution in [3.63, 3.8) is 0 Å². The highest BCUT2D eigenvalue weighted by molar-refractivity contribution is 7.89. The van der Waals surface area contributed by atoms with Crippen LogP contribution in [-0.2, 0) is 23.0 Å². The van der Waals surface area contributed by atoms with Gasteiger partial charge in [0.05, 0.1) is 4.90 Å². The molecule has 230 valence electrons. The maximum atomic E-state index is 14.2. The van der Waals surface area contributed by atoms with Gasteiger partial charge < -0.3 is 19.3 Å². The lowest BCUT2D eigenvalue weighted by atomic mass is 10.1. The number of aromatic carboxylic acids is 1. The molecular formula is C35H33N3O6S. The lowest BCUT2D eigenvalue weighted by molar-refractivity contribution is 0.0664. The first-order valence-corrected chi connectivity index (χ1v) is 16.2. The molecule has 1 aliphatic heterocycles. The second-order valence-corrected chi connectivity index (χ2v) is 12.9. The second kappa shape index (κ2) is 13.0. The minimum absolute atomic E-state index is 0.00628. The van der Waals surface area contributed by atoms with E-state index < -0.39 is 16.0 Å². The molecule has 0 saturated carbocycles. The zero-order valence-electron chi connectivity index (χ0n) is 24.6. The van der Waals surface area contributed by atoms with Gasteiger partial charge in [-0.05, 0) is 60.0 Å². The van der Waals surface area contributed by atoms with Gasteiger partial charge in [-0.2, -0.15) is 4.31 Å². The monoisotopic (exact) mass is 623 g/mol. The molecule has 6 rings (SSSR count). The van der Waals surface area contributed by atoms with Crippen molar-refractivity contribution < 1.29 is 27.5 Å². The lowest BCUT2D eigenvalue weighted by Crippen LogP contribution is -2.49. The van der Waals surface area contributed by atoms with E-state index >= 15 is 0 Å². The molecule has 0 radical (unpaired) electrons. The molecule has 0 aliphatic carbocycles. The summed E-state index contributed by atoms with van der Waals surface area (Å²) in [7, 11) is -4.00. The zero-order chi connectivity index (χ0) is 31.4. The van der Waals surface area contributed by atoms with Gasteiger partial charge in [-0.15, -0.1) is 0 Å². The summed E-state index contributed by atoms with van der Waals surface area (Å²) < 4.78 is 35.2. The number of sulfonamides is 1. The van der Waals surface area contributed by atoms with Crippen LogP contribution in [0.3, 0.4) is 0 Å². The summed E-state index contributed by atoms with van der Waals surface area (Å²) in [5, 5.41) is 9.73. The standard InChI is InChI=1S/C35H33N3O6S/c39-34(27-11-5-2-6-12-27)37-21-19-36(20-22-37)31-14-8-7-13-28(31)25-38(18-17-26-9-3-1-4-10-26)45(42,43)30-15-16-32-29(23-30)24-33(44-32)35(40)41/h1-16,23-24H,17-22,25H2,(H,40,41). The summed E-state index contributed by atoms with van der Waals surface area (Å²) in [6.07, 6.45) is 0.514. The van der Waals surface area contributed by atoms with Crippen molar-refractivity contribution in [3.05, 3.63) is 132 Å². The van der Waals surface area contributed by atoms with Gasteiger partial charge in [-0.1, -0.05) is 66.7 Å². The van der Waals surface area contributed by atoms with Gasteiger partial charge in [0.15, 0.2) is 0 Å². The van der Waals surface area contributed by atoms with Crippen LogP contribution in [0.2, 0.25) is 0 Å². The van der Waals surface area contributed by atoms with Crippen molar-refractivity contribution in [2.45, 2.75) is 17.9 Å². The number of carbonyl (C=O) groups excluding carboxylic acids is 1. The van der Waals surface area contributed by atoms with Crippen LogP contribution in [0, 0.1) is 0 Å². The third-order valence-electron chi connectivity index (χ3n) is 8.10. The van der Waals surface area contributed by atoms with E-state index in [-0.39, 0.29) is 29.7 Å². The molecule has 0 bridgehead atoms. The van der Waals surface area contributed by atoms with Crippen LogP contribution in [0.25, 0.3) is 11.0 Å². The first-order valence-electron chi connectivity index (χ1n) is 14.8. The summed E-state index contributed by atoms with van der Waals surface area (Å²) in [5.74, 6) is -1.46. The smallest absolute Gasteiger partial charge is 0.371 e. The molecule has 45 heavy (non-hydrogen) atoms. The molecule has 1 fully saturated rings. The Balaban J connectivity index is 1.26. The number of amides is 1. The maximum Gasteiger partial charge on any atom is 0.371 e. The number of nitrogens with zero attached hydrogens (tertiary/aromatic N) is 3. The summed E-state index contributed by atoms with van der Waals surface area (Å²) in [4.78, 5) is 28.5. The number of hydrogen-bond donors (Lipinski definition) is 1. The number of hydrogen-bond acceptors (Lipinski definition) is 6. The minimum atomic E-state index is -4.00. The van der Waals surface area contributed by atoms with E-state index in [1.165, 1.54) is 28.6 Å². The number of piperazine rings is 1. The normalized spacial score (nSPS) is 13.8. The summed E-state index contributed by atoms with van der Waals surface area (Å²) in [5.41, 5.74) is 3.77. The fraction of sp³-hybridized carbons (Fsp3) is 0.200. The first-order chi connectivity index (χ1) is 21.8. The third kappa shape index (κ3) is 6.62. The summed E-state index contributed by atoms with van der Waals surface area (Å²) >= 11 is 0. The lowest BCUT2D eigenvalue weighted by Gasteiger charge is -2.37. The van der Waals surface area contributed by atoms with E-state index in [9.17, 15) is 23.1 Å². The highest BCUT2D eigenvalue weighted by Crippen LogP contribution is 2.29. The zero-order valence-corrected chi connectivity index (χ0v) is 25.4. The molecule has 10 heteroatoms. The van der Waals surface area contributed by atoms with E-state index in [0.717, 1.165) is 16.8 Å². The Labute approximate surface area is 262 Å². The van der Waals surface area contributed by atoms with Gasteiger partial charge in [0.25, 0.3) is 5.91 Å². The molecule has 1 aromatic heterocycles. The van der Waals surface area contributed by atoms with Crippen LogP contribution in [0.1, 0.15) is 32.0 Å². The van der Waals surface area contributed by atoms with Crippen molar-refractivity contribution in [2.24, 2.45) is 0 Å².